The number of carbonyl (C=O) groups excluding carboxylic acids is 1. The van der Waals surface area contributed by atoms with Gasteiger partial charge in [-0.2, -0.15) is 0 Å². The molecular weight excluding hydrogens is 440 g/mol. The minimum atomic E-state index is -0.135. The number of hydrogen-bond acceptors (Lipinski definition) is 6. The zero-order valence-electron chi connectivity index (χ0n) is 20.2. The van der Waals surface area contributed by atoms with Crippen LogP contribution in [-0.2, 0) is 6.54 Å². The maximum absolute atomic E-state index is 12.7. The SMILES string of the molecule is CN=c1c(N)ncc(-c2ccc(C(=O)NCc3ccc(OC)cc3)cc2)n1/C=C/C1CCCNC1. The molecule has 0 radical (unpaired) electrons. The highest BCUT2D eigenvalue weighted by atomic mass is 16.5. The first-order chi connectivity index (χ1) is 17.1. The Bertz CT molecular complexity index is 1240. The van der Waals surface area contributed by atoms with Crippen LogP contribution in [0.5, 0.6) is 5.75 Å². The Morgan fingerprint density at radius 2 is 2.03 bits per heavy atom. The molecule has 1 atom stereocenters. The van der Waals surface area contributed by atoms with Crippen LogP contribution in [0.25, 0.3) is 17.5 Å². The van der Waals surface area contributed by atoms with E-state index in [0.717, 1.165) is 48.5 Å². The van der Waals surface area contributed by atoms with Gasteiger partial charge < -0.3 is 21.1 Å². The van der Waals surface area contributed by atoms with E-state index in [2.05, 4.69) is 26.7 Å². The fourth-order valence-electron chi connectivity index (χ4n) is 4.15. The van der Waals surface area contributed by atoms with Crippen LogP contribution in [0.2, 0.25) is 0 Å². The highest BCUT2D eigenvalue weighted by molar-refractivity contribution is 5.94. The average Bonchev–Trinajstić information content (AvgIpc) is 2.91. The summed E-state index contributed by atoms with van der Waals surface area (Å²) in [5.41, 5.74) is 10.1. The molecule has 1 aliphatic heterocycles. The molecule has 1 unspecified atom stereocenters. The largest absolute Gasteiger partial charge is 0.497 e. The zero-order chi connectivity index (χ0) is 24.6. The van der Waals surface area contributed by atoms with E-state index in [1.54, 1.807) is 20.4 Å². The third kappa shape index (κ3) is 5.96. The van der Waals surface area contributed by atoms with E-state index in [0.29, 0.717) is 29.3 Å². The highest BCUT2D eigenvalue weighted by Gasteiger charge is 2.12. The van der Waals surface area contributed by atoms with Crippen molar-refractivity contribution in [1.29, 1.82) is 0 Å². The molecule has 182 valence electrons. The van der Waals surface area contributed by atoms with Gasteiger partial charge in [0.25, 0.3) is 5.91 Å². The van der Waals surface area contributed by atoms with E-state index in [9.17, 15) is 4.79 Å². The van der Waals surface area contributed by atoms with Gasteiger partial charge in [-0.25, -0.2) is 4.98 Å². The molecule has 0 spiro atoms. The molecule has 35 heavy (non-hydrogen) atoms. The van der Waals surface area contributed by atoms with Crippen molar-refractivity contribution in [1.82, 2.24) is 20.2 Å². The number of benzene rings is 2. The molecular formula is C27H32N6O2. The van der Waals surface area contributed by atoms with Gasteiger partial charge in [0.05, 0.1) is 19.0 Å². The molecule has 0 aliphatic carbocycles. The summed E-state index contributed by atoms with van der Waals surface area (Å²) in [4.78, 5) is 21.4. The molecule has 0 saturated carbocycles. The van der Waals surface area contributed by atoms with E-state index in [1.165, 1.54) is 0 Å². The number of nitrogen functional groups attached to an aromatic ring is 1. The van der Waals surface area contributed by atoms with Crippen molar-refractivity contribution in [2.45, 2.75) is 19.4 Å². The number of nitrogens with two attached hydrogens (primary N) is 1. The third-order valence-corrected chi connectivity index (χ3v) is 6.15. The number of rotatable bonds is 7. The standard InChI is InChI=1S/C27H32N6O2/c1-29-26-25(28)31-18-24(33(26)15-13-19-4-3-14-30-16-19)21-7-9-22(10-8-21)27(34)32-17-20-5-11-23(35-2)12-6-20/h5-13,15,18-19,30H,3-4,14,16-17H2,1-2H3,(H2,28,31)(H,32,34)/b15-13+,29-26?. The molecule has 1 fully saturated rings. The number of carbonyl (C=O) groups is 1. The molecule has 4 rings (SSSR count). The molecule has 8 heteroatoms. The van der Waals surface area contributed by atoms with Gasteiger partial charge in [-0.05, 0) is 55.1 Å². The summed E-state index contributed by atoms with van der Waals surface area (Å²) in [5.74, 6) is 1.48. The summed E-state index contributed by atoms with van der Waals surface area (Å²) in [7, 11) is 3.34. The first kappa shape index (κ1) is 24.2. The number of nitrogens with zero attached hydrogens (tertiary/aromatic N) is 3. The number of hydrogen-bond donors (Lipinski definition) is 3. The lowest BCUT2D eigenvalue weighted by Crippen LogP contribution is -2.29. The predicted octanol–water partition coefficient (Wildman–Crippen LogP) is 3.07. The van der Waals surface area contributed by atoms with Gasteiger partial charge in [0.1, 0.15) is 5.75 Å². The molecule has 8 nitrogen and oxygen atoms in total. The average molecular weight is 473 g/mol. The van der Waals surface area contributed by atoms with Crippen LogP contribution < -0.4 is 26.6 Å². The lowest BCUT2D eigenvalue weighted by atomic mass is 10.00. The fraction of sp³-hybridized carbons (Fsp3) is 0.296. The molecule has 1 aliphatic rings. The molecule has 3 aromatic rings. The minimum Gasteiger partial charge on any atom is -0.497 e. The van der Waals surface area contributed by atoms with Crippen LogP contribution in [0.1, 0.15) is 28.8 Å². The number of amides is 1. The second-order valence-electron chi connectivity index (χ2n) is 8.50. The van der Waals surface area contributed by atoms with Crippen molar-refractivity contribution in [3.8, 4) is 17.0 Å². The van der Waals surface area contributed by atoms with Gasteiger partial charge in [-0.3, -0.25) is 14.4 Å². The van der Waals surface area contributed by atoms with E-state index in [4.69, 9.17) is 10.5 Å². The smallest absolute Gasteiger partial charge is 0.251 e. The van der Waals surface area contributed by atoms with E-state index in [-0.39, 0.29) is 5.91 Å². The lowest BCUT2D eigenvalue weighted by molar-refractivity contribution is 0.0951. The Kier molecular flexibility index (Phi) is 7.95. The van der Waals surface area contributed by atoms with E-state index < -0.39 is 0 Å². The van der Waals surface area contributed by atoms with Gasteiger partial charge in [-0.1, -0.05) is 30.3 Å². The lowest BCUT2D eigenvalue weighted by Gasteiger charge is -2.20. The van der Waals surface area contributed by atoms with Gasteiger partial charge in [-0.15, -0.1) is 0 Å². The van der Waals surface area contributed by atoms with Crippen molar-refractivity contribution >= 4 is 17.9 Å². The second kappa shape index (κ2) is 11.5. The quantitative estimate of drug-likeness (QED) is 0.490. The van der Waals surface area contributed by atoms with E-state index in [1.807, 2.05) is 59.3 Å². The predicted molar refractivity (Wildman–Crippen MR) is 139 cm³/mol. The Hall–Kier alpha value is -3.91. The molecule has 4 N–H and O–H groups in total. The Labute approximate surface area is 205 Å². The minimum absolute atomic E-state index is 0.135. The summed E-state index contributed by atoms with van der Waals surface area (Å²) in [5, 5.41) is 6.40. The summed E-state index contributed by atoms with van der Waals surface area (Å²) < 4.78 is 7.14. The van der Waals surface area contributed by atoms with Crippen molar-refractivity contribution in [3.63, 3.8) is 0 Å². The van der Waals surface area contributed by atoms with E-state index >= 15 is 0 Å². The number of anilines is 1. The first-order valence-electron chi connectivity index (χ1n) is 11.8. The van der Waals surface area contributed by atoms with Gasteiger partial charge in [0.2, 0.25) is 0 Å². The molecule has 1 aromatic heterocycles. The van der Waals surface area contributed by atoms with Gasteiger partial charge in [0, 0.05) is 37.5 Å². The molecule has 2 aromatic carbocycles. The Morgan fingerprint density at radius 3 is 2.69 bits per heavy atom. The number of nitrogens with one attached hydrogen (secondary N) is 2. The van der Waals surface area contributed by atoms with Crippen molar-refractivity contribution in [3.05, 3.63) is 77.4 Å². The summed E-state index contributed by atoms with van der Waals surface area (Å²) in [6.45, 7) is 2.47. The fourth-order valence-corrected chi connectivity index (χ4v) is 4.15. The maximum Gasteiger partial charge on any atom is 0.251 e. The normalized spacial score (nSPS) is 16.4. The molecule has 1 saturated heterocycles. The van der Waals surface area contributed by atoms with Crippen molar-refractivity contribution in [2.75, 3.05) is 33.0 Å². The van der Waals surface area contributed by atoms with Gasteiger partial charge >= 0.3 is 0 Å². The highest BCUT2D eigenvalue weighted by Crippen LogP contribution is 2.20. The van der Waals surface area contributed by atoms with Crippen molar-refractivity contribution < 1.29 is 9.53 Å². The number of aromatic nitrogens is 2. The Morgan fingerprint density at radius 1 is 1.26 bits per heavy atom. The van der Waals surface area contributed by atoms with Crippen molar-refractivity contribution in [2.24, 2.45) is 10.9 Å². The van der Waals surface area contributed by atoms with Crippen LogP contribution in [0.4, 0.5) is 5.82 Å². The Balaban J connectivity index is 1.52. The zero-order valence-corrected chi connectivity index (χ0v) is 20.2. The molecule has 2 heterocycles. The molecule has 0 bridgehead atoms. The van der Waals surface area contributed by atoms with Gasteiger partial charge in [0.15, 0.2) is 11.3 Å². The monoisotopic (exact) mass is 472 g/mol. The topological polar surface area (TPSA) is 107 Å². The summed E-state index contributed by atoms with van der Waals surface area (Å²) in [6, 6.07) is 15.1. The summed E-state index contributed by atoms with van der Waals surface area (Å²) in [6.07, 6.45) is 8.29. The summed E-state index contributed by atoms with van der Waals surface area (Å²) >= 11 is 0. The number of methoxy groups -OCH3 is 1. The number of piperidine rings is 1. The van der Waals surface area contributed by atoms with Crippen LogP contribution in [0.3, 0.4) is 0 Å². The van der Waals surface area contributed by atoms with Crippen LogP contribution in [0, 0.1) is 5.92 Å². The van der Waals surface area contributed by atoms with Crippen LogP contribution in [0.15, 0.2) is 65.8 Å². The van der Waals surface area contributed by atoms with Crippen LogP contribution in [-0.4, -0.2) is 42.7 Å². The number of ether oxygens (including phenoxy) is 1. The first-order valence-corrected chi connectivity index (χ1v) is 11.8. The second-order valence-corrected chi connectivity index (χ2v) is 8.50. The third-order valence-electron chi connectivity index (χ3n) is 6.15. The van der Waals surface area contributed by atoms with Crippen LogP contribution >= 0.6 is 0 Å². The maximum atomic E-state index is 12.7. The molecule has 1 amide bonds.